The van der Waals surface area contributed by atoms with Crippen LogP contribution < -0.4 is 10.6 Å². The second-order valence-corrected chi connectivity index (χ2v) is 6.22. The molecule has 26 heavy (non-hydrogen) atoms. The summed E-state index contributed by atoms with van der Waals surface area (Å²) in [6.45, 7) is 0.912. The third kappa shape index (κ3) is 3.42. The summed E-state index contributed by atoms with van der Waals surface area (Å²) >= 11 is 0. The van der Waals surface area contributed by atoms with Crippen LogP contribution in [0.5, 0.6) is 0 Å². The number of rotatable bonds is 3. The zero-order valence-corrected chi connectivity index (χ0v) is 14.1. The van der Waals surface area contributed by atoms with Gasteiger partial charge in [-0.05, 0) is 43.2 Å². The lowest BCUT2D eigenvalue weighted by Crippen LogP contribution is -2.19. The van der Waals surface area contributed by atoms with E-state index in [1.165, 1.54) is 12.1 Å². The number of amides is 2. The maximum atomic E-state index is 13.2. The number of carbonyl (C=O) groups excluding carboxylic acids is 1. The lowest BCUT2D eigenvalue weighted by atomic mass is 10.1. The largest absolute Gasteiger partial charge is 0.323 e. The number of carbonyl (C=O) groups is 1. The molecule has 0 fully saturated rings. The van der Waals surface area contributed by atoms with E-state index < -0.39 is 11.8 Å². The van der Waals surface area contributed by atoms with Crippen molar-refractivity contribution in [1.29, 1.82) is 0 Å². The van der Waals surface area contributed by atoms with Crippen molar-refractivity contribution < 1.29 is 9.18 Å². The molecule has 0 atom stereocenters. The van der Waals surface area contributed by atoms with Gasteiger partial charge in [-0.15, -0.1) is 10.2 Å². The quantitative estimate of drug-likeness (QED) is 0.747. The Morgan fingerprint density at radius 3 is 2.58 bits per heavy atom. The third-order valence-corrected chi connectivity index (χ3v) is 4.32. The molecule has 0 bridgehead atoms. The number of hydrogen-bond acceptors (Lipinski definition) is 3. The van der Waals surface area contributed by atoms with Gasteiger partial charge in [-0.25, -0.2) is 9.18 Å². The van der Waals surface area contributed by atoms with E-state index in [9.17, 15) is 9.18 Å². The molecule has 6 nitrogen and oxygen atoms in total. The van der Waals surface area contributed by atoms with Gasteiger partial charge < -0.3 is 15.2 Å². The molecule has 2 N–H and O–H groups in total. The fourth-order valence-corrected chi connectivity index (χ4v) is 3.12. The highest BCUT2D eigenvalue weighted by Gasteiger charge is 2.17. The summed E-state index contributed by atoms with van der Waals surface area (Å²) in [6, 6.07) is 12.8. The summed E-state index contributed by atoms with van der Waals surface area (Å²) in [4.78, 5) is 12.1. The Morgan fingerprint density at radius 2 is 1.77 bits per heavy atom. The van der Waals surface area contributed by atoms with Crippen LogP contribution in [0.2, 0.25) is 0 Å². The molecule has 2 amide bonds. The number of halogens is 1. The van der Waals surface area contributed by atoms with E-state index >= 15 is 0 Å². The van der Waals surface area contributed by atoms with E-state index in [-0.39, 0.29) is 0 Å². The molecule has 0 saturated heterocycles. The standard InChI is InChI=1S/C19H18FN5O/c20-14-6-4-8-16(12-14)22-19(26)21-15-7-3-5-13(11-15)18-24-23-17-9-1-2-10-25(17)18/h3-8,11-12H,1-2,9-10H2,(H2,21,22,26). The molecule has 0 radical (unpaired) electrons. The van der Waals surface area contributed by atoms with E-state index in [2.05, 4.69) is 25.4 Å². The lowest BCUT2D eigenvalue weighted by molar-refractivity contribution is 0.262. The predicted molar refractivity (Wildman–Crippen MR) is 97.4 cm³/mol. The van der Waals surface area contributed by atoms with Crippen molar-refractivity contribution in [1.82, 2.24) is 14.8 Å². The van der Waals surface area contributed by atoms with Crippen LogP contribution >= 0.6 is 0 Å². The van der Waals surface area contributed by atoms with E-state index in [0.29, 0.717) is 11.4 Å². The van der Waals surface area contributed by atoms with Gasteiger partial charge in [0.25, 0.3) is 0 Å². The number of aromatic nitrogens is 3. The number of nitrogens with zero attached hydrogens (tertiary/aromatic N) is 3. The van der Waals surface area contributed by atoms with Crippen molar-refractivity contribution in [2.24, 2.45) is 0 Å². The first-order valence-corrected chi connectivity index (χ1v) is 8.55. The average molecular weight is 351 g/mol. The van der Waals surface area contributed by atoms with Crippen LogP contribution in [0.1, 0.15) is 18.7 Å². The molecule has 3 aromatic rings. The Bertz CT molecular complexity index is 953. The summed E-state index contributed by atoms with van der Waals surface area (Å²) in [6.07, 6.45) is 3.20. The van der Waals surface area contributed by atoms with Gasteiger partial charge in [0.2, 0.25) is 0 Å². The zero-order valence-electron chi connectivity index (χ0n) is 14.1. The highest BCUT2D eigenvalue weighted by molar-refractivity contribution is 6.00. The SMILES string of the molecule is O=C(Nc1cccc(F)c1)Nc1cccc(-c2nnc3n2CCCC3)c1. The average Bonchev–Trinajstić information content (AvgIpc) is 3.06. The van der Waals surface area contributed by atoms with Gasteiger partial charge in [0.05, 0.1) is 0 Å². The number of nitrogens with one attached hydrogen (secondary N) is 2. The number of aryl methyl sites for hydroxylation is 1. The third-order valence-electron chi connectivity index (χ3n) is 4.32. The van der Waals surface area contributed by atoms with Gasteiger partial charge in [-0.1, -0.05) is 18.2 Å². The van der Waals surface area contributed by atoms with Crippen molar-refractivity contribution in [3.63, 3.8) is 0 Å². The highest BCUT2D eigenvalue weighted by Crippen LogP contribution is 2.25. The van der Waals surface area contributed by atoms with Crippen molar-refractivity contribution >= 4 is 17.4 Å². The van der Waals surface area contributed by atoms with Gasteiger partial charge in [-0.2, -0.15) is 0 Å². The number of urea groups is 1. The monoisotopic (exact) mass is 351 g/mol. The molecule has 1 aromatic heterocycles. The van der Waals surface area contributed by atoms with Crippen molar-refractivity contribution in [2.75, 3.05) is 10.6 Å². The number of benzene rings is 2. The second kappa shape index (κ2) is 6.95. The summed E-state index contributed by atoms with van der Waals surface area (Å²) < 4.78 is 15.3. The molecule has 1 aliphatic heterocycles. The number of hydrogen-bond donors (Lipinski definition) is 2. The molecule has 1 aliphatic rings. The predicted octanol–water partition coefficient (Wildman–Crippen LogP) is 4.06. The van der Waals surface area contributed by atoms with Crippen molar-refractivity contribution in [3.05, 3.63) is 60.2 Å². The Balaban J connectivity index is 1.51. The summed E-state index contributed by atoms with van der Waals surface area (Å²) in [7, 11) is 0. The Labute approximate surface area is 150 Å². The second-order valence-electron chi connectivity index (χ2n) is 6.22. The minimum absolute atomic E-state index is 0.394. The molecule has 4 rings (SSSR count). The molecule has 132 valence electrons. The van der Waals surface area contributed by atoms with Crippen molar-refractivity contribution in [3.8, 4) is 11.4 Å². The highest BCUT2D eigenvalue weighted by atomic mass is 19.1. The minimum Gasteiger partial charge on any atom is -0.311 e. The fraction of sp³-hybridized carbons (Fsp3) is 0.211. The molecule has 7 heteroatoms. The Hall–Kier alpha value is -3.22. The van der Waals surface area contributed by atoms with E-state index in [0.717, 1.165) is 43.0 Å². The van der Waals surface area contributed by atoms with Gasteiger partial charge in [0, 0.05) is 29.9 Å². The van der Waals surface area contributed by atoms with Gasteiger partial charge in [0.15, 0.2) is 5.82 Å². The fourth-order valence-electron chi connectivity index (χ4n) is 3.12. The number of fused-ring (bicyclic) bond motifs is 1. The molecule has 0 unspecified atom stereocenters. The summed E-state index contributed by atoms with van der Waals surface area (Å²) in [5.41, 5.74) is 1.92. The van der Waals surface area contributed by atoms with Gasteiger partial charge >= 0.3 is 6.03 Å². The minimum atomic E-state index is -0.434. The maximum absolute atomic E-state index is 13.2. The van der Waals surface area contributed by atoms with Crippen LogP contribution in [0.25, 0.3) is 11.4 Å². The Morgan fingerprint density at radius 1 is 1.00 bits per heavy atom. The van der Waals surface area contributed by atoms with Crippen LogP contribution in [0.3, 0.4) is 0 Å². The summed E-state index contributed by atoms with van der Waals surface area (Å²) in [5.74, 6) is 1.42. The zero-order chi connectivity index (χ0) is 17.9. The number of anilines is 2. The normalized spacial score (nSPS) is 13.1. The first kappa shape index (κ1) is 16.3. The lowest BCUT2D eigenvalue weighted by Gasteiger charge is -2.15. The topological polar surface area (TPSA) is 71.8 Å². The molecule has 2 heterocycles. The smallest absolute Gasteiger partial charge is 0.311 e. The molecule has 0 saturated carbocycles. The molecule has 2 aromatic carbocycles. The first-order valence-electron chi connectivity index (χ1n) is 8.55. The Kier molecular flexibility index (Phi) is 4.35. The summed E-state index contributed by atoms with van der Waals surface area (Å²) in [5, 5.41) is 13.9. The van der Waals surface area contributed by atoms with Gasteiger partial charge in [-0.3, -0.25) is 0 Å². The van der Waals surface area contributed by atoms with Crippen molar-refractivity contribution in [2.45, 2.75) is 25.8 Å². The van der Waals surface area contributed by atoms with E-state index in [1.807, 2.05) is 18.2 Å². The van der Waals surface area contributed by atoms with E-state index in [1.54, 1.807) is 18.2 Å². The van der Waals surface area contributed by atoms with Crippen LogP contribution in [0.4, 0.5) is 20.6 Å². The molecular formula is C19H18FN5O. The molecule has 0 aliphatic carbocycles. The molecular weight excluding hydrogens is 333 g/mol. The van der Waals surface area contributed by atoms with Crippen LogP contribution in [-0.2, 0) is 13.0 Å². The first-order chi connectivity index (χ1) is 12.7. The van der Waals surface area contributed by atoms with E-state index in [4.69, 9.17) is 0 Å². The maximum Gasteiger partial charge on any atom is 0.323 e. The van der Waals surface area contributed by atoms with Gasteiger partial charge in [0.1, 0.15) is 11.6 Å². The van der Waals surface area contributed by atoms with Crippen LogP contribution in [0, 0.1) is 5.82 Å². The van der Waals surface area contributed by atoms with Crippen LogP contribution in [-0.4, -0.2) is 20.8 Å². The molecule has 0 spiro atoms. The van der Waals surface area contributed by atoms with Crippen LogP contribution in [0.15, 0.2) is 48.5 Å².